The molecule has 0 nitrogen and oxygen atoms in total. The molecule has 0 aromatic heterocycles. The zero-order valence-corrected chi connectivity index (χ0v) is 9.31. The molecule has 0 heterocycles. The summed E-state index contributed by atoms with van der Waals surface area (Å²) in [5.74, 6) is 9.25. The van der Waals surface area contributed by atoms with Crippen LogP contribution in [0.25, 0.3) is 0 Å². The quantitative estimate of drug-likeness (QED) is 0.440. The average Bonchev–Trinajstić information content (AvgIpc) is 2.18. The maximum absolute atomic E-state index is 5.16. The van der Waals surface area contributed by atoms with Crippen molar-refractivity contribution in [2.75, 3.05) is 0 Å². The lowest BCUT2D eigenvalue weighted by atomic mass is 10.0. The molecule has 0 fully saturated rings. The summed E-state index contributed by atoms with van der Waals surface area (Å²) in [6.45, 7) is 6.19. The number of hydrogen-bond acceptors (Lipinski definition) is 0. The van der Waals surface area contributed by atoms with Gasteiger partial charge in [-0.3, -0.25) is 0 Å². The van der Waals surface area contributed by atoms with Crippen molar-refractivity contribution in [3.8, 4) is 24.2 Å². The van der Waals surface area contributed by atoms with E-state index in [4.69, 9.17) is 6.42 Å². The molecule has 0 saturated carbocycles. The minimum Gasteiger partial charge on any atom is -0.120 e. The normalized spacial score (nSPS) is 11.2. The molecule has 0 aromatic rings. The van der Waals surface area contributed by atoms with E-state index in [2.05, 4.69) is 31.6 Å². The summed E-state index contributed by atoms with van der Waals surface area (Å²) >= 11 is 0. The van der Waals surface area contributed by atoms with Crippen molar-refractivity contribution in [1.82, 2.24) is 0 Å². The summed E-state index contributed by atoms with van der Waals surface area (Å²) in [6.07, 6.45) is 12.9. The highest BCUT2D eigenvalue weighted by atomic mass is 14.0. The van der Waals surface area contributed by atoms with E-state index >= 15 is 0 Å². The van der Waals surface area contributed by atoms with Gasteiger partial charge in [-0.1, -0.05) is 25.7 Å². The second-order valence-corrected chi connectivity index (χ2v) is 3.57. The van der Waals surface area contributed by atoms with Crippen LogP contribution < -0.4 is 0 Å². The zero-order valence-electron chi connectivity index (χ0n) is 9.31. The molecule has 0 spiro atoms. The van der Waals surface area contributed by atoms with Gasteiger partial charge in [-0.2, -0.15) is 0 Å². The fourth-order valence-corrected chi connectivity index (χ4v) is 1.20. The molecule has 1 atom stereocenters. The van der Waals surface area contributed by atoms with Crippen LogP contribution in [0.3, 0.4) is 0 Å². The first-order valence-corrected chi connectivity index (χ1v) is 5.56. The first-order chi connectivity index (χ1) is 6.81. The van der Waals surface area contributed by atoms with Crippen LogP contribution in [-0.2, 0) is 0 Å². The Bertz CT molecular complexity index is 208. The van der Waals surface area contributed by atoms with Gasteiger partial charge >= 0.3 is 0 Å². The fraction of sp³-hybridized carbons (Fsp3) is 0.643. The van der Waals surface area contributed by atoms with Crippen molar-refractivity contribution in [2.24, 2.45) is 5.92 Å². The van der Waals surface area contributed by atoms with Crippen molar-refractivity contribution in [3.05, 3.63) is 6.92 Å². The number of terminal acetylenes is 1. The van der Waals surface area contributed by atoms with Gasteiger partial charge in [0.2, 0.25) is 0 Å². The second kappa shape index (κ2) is 10.2. The monoisotopic (exact) mass is 189 g/mol. The lowest BCUT2D eigenvalue weighted by Gasteiger charge is -1.99. The van der Waals surface area contributed by atoms with E-state index in [1.807, 2.05) is 0 Å². The third-order valence-electron chi connectivity index (χ3n) is 2.09. The lowest BCUT2D eigenvalue weighted by Crippen LogP contribution is -1.90. The van der Waals surface area contributed by atoms with E-state index in [1.54, 1.807) is 0 Å². The van der Waals surface area contributed by atoms with Crippen LogP contribution in [0.5, 0.6) is 0 Å². The second-order valence-electron chi connectivity index (χ2n) is 3.57. The standard InChI is InChI=1S/C14H21/c1-4-6-8-9-11-13-14(3)12-10-7-5-2/h2,14H,3-4,6-10,12H2,1H3. The Kier molecular flexibility index (Phi) is 9.56. The molecule has 1 unspecified atom stereocenters. The number of rotatable bonds is 6. The van der Waals surface area contributed by atoms with Gasteiger partial charge in [0.05, 0.1) is 0 Å². The van der Waals surface area contributed by atoms with E-state index in [0.29, 0.717) is 0 Å². The minimum absolute atomic E-state index is 0.268. The van der Waals surface area contributed by atoms with Crippen LogP contribution in [0.2, 0.25) is 0 Å². The molecule has 1 radical (unpaired) electrons. The Balaban J connectivity index is 3.40. The van der Waals surface area contributed by atoms with Gasteiger partial charge in [-0.25, -0.2) is 0 Å². The minimum atomic E-state index is 0.268. The molecule has 0 aliphatic carbocycles. The molecule has 0 heteroatoms. The molecular formula is C14H21. The van der Waals surface area contributed by atoms with Crippen molar-refractivity contribution in [2.45, 2.75) is 51.9 Å². The van der Waals surface area contributed by atoms with E-state index in [0.717, 1.165) is 25.7 Å². The van der Waals surface area contributed by atoms with Crippen LogP contribution in [0, 0.1) is 37.0 Å². The van der Waals surface area contributed by atoms with E-state index in [-0.39, 0.29) is 5.92 Å². The molecule has 0 amide bonds. The van der Waals surface area contributed by atoms with Crippen molar-refractivity contribution in [1.29, 1.82) is 0 Å². The topological polar surface area (TPSA) is 0 Å². The van der Waals surface area contributed by atoms with Crippen LogP contribution in [0.15, 0.2) is 0 Å². The Hall–Kier alpha value is -0.880. The van der Waals surface area contributed by atoms with Gasteiger partial charge in [-0.05, 0) is 26.2 Å². The first kappa shape index (κ1) is 13.1. The highest BCUT2D eigenvalue weighted by Gasteiger charge is 1.95. The van der Waals surface area contributed by atoms with Crippen molar-refractivity contribution < 1.29 is 0 Å². The largest absolute Gasteiger partial charge is 0.120 e. The summed E-state index contributed by atoms with van der Waals surface area (Å²) < 4.78 is 0. The molecule has 0 rings (SSSR count). The van der Waals surface area contributed by atoms with E-state index in [1.165, 1.54) is 19.3 Å². The third-order valence-corrected chi connectivity index (χ3v) is 2.09. The molecule has 14 heavy (non-hydrogen) atoms. The van der Waals surface area contributed by atoms with Gasteiger partial charge < -0.3 is 0 Å². The van der Waals surface area contributed by atoms with Gasteiger partial charge in [0, 0.05) is 18.8 Å². The van der Waals surface area contributed by atoms with Gasteiger partial charge in [0.15, 0.2) is 0 Å². The summed E-state index contributed by atoms with van der Waals surface area (Å²) in [5.41, 5.74) is 0. The predicted octanol–water partition coefficient (Wildman–Crippen LogP) is 3.82. The van der Waals surface area contributed by atoms with Crippen LogP contribution in [0.1, 0.15) is 51.9 Å². The first-order valence-electron chi connectivity index (χ1n) is 5.56. The Morgan fingerprint density at radius 1 is 1.21 bits per heavy atom. The van der Waals surface area contributed by atoms with Crippen molar-refractivity contribution >= 4 is 0 Å². The van der Waals surface area contributed by atoms with Gasteiger partial charge in [0.1, 0.15) is 0 Å². The fourth-order valence-electron chi connectivity index (χ4n) is 1.20. The van der Waals surface area contributed by atoms with Crippen molar-refractivity contribution in [3.63, 3.8) is 0 Å². The molecular weight excluding hydrogens is 168 g/mol. The molecule has 77 valence electrons. The highest BCUT2D eigenvalue weighted by molar-refractivity contribution is 5.04. The predicted molar refractivity (Wildman–Crippen MR) is 63.4 cm³/mol. The zero-order chi connectivity index (χ0) is 10.6. The molecule has 0 aliphatic rings. The van der Waals surface area contributed by atoms with Crippen LogP contribution >= 0.6 is 0 Å². The molecule has 0 aliphatic heterocycles. The Morgan fingerprint density at radius 3 is 2.64 bits per heavy atom. The summed E-state index contributed by atoms with van der Waals surface area (Å²) in [4.78, 5) is 0. The Labute approximate surface area is 89.5 Å². The maximum Gasteiger partial charge on any atom is 0.0203 e. The van der Waals surface area contributed by atoms with E-state index < -0.39 is 0 Å². The average molecular weight is 189 g/mol. The third kappa shape index (κ3) is 9.21. The smallest absolute Gasteiger partial charge is 0.0203 e. The summed E-state index contributed by atoms with van der Waals surface area (Å²) in [6, 6.07) is 0. The number of hydrogen-bond donors (Lipinski definition) is 0. The van der Waals surface area contributed by atoms with E-state index in [9.17, 15) is 0 Å². The Morgan fingerprint density at radius 2 is 2.00 bits per heavy atom. The molecule has 0 bridgehead atoms. The van der Waals surface area contributed by atoms with Crippen LogP contribution in [0.4, 0.5) is 0 Å². The summed E-state index contributed by atoms with van der Waals surface area (Å²) in [7, 11) is 0. The summed E-state index contributed by atoms with van der Waals surface area (Å²) in [5, 5.41) is 0. The lowest BCUT2D eigenvalue weighted by molar-refractivity contribution is 0.678. The number of unbranched alkanes of at least 4 members (excludes halogenated alkanes) is 4. The highest BCUT2D eigenvalue weighted by Crippen LogP contribution is 2.05. The molecule has 0 saturated heterocycles. The van der Waals surface area contributed by atoms with Gasteiger partial charge in [0.25, 0.3) is 0 Å². The van der Waals surface area contributed by atoms with Crippen LogP contribution in [-0.4, -0.2) is 0 Å². The SMILES string of the molecule is C#CCCCC([CH2])C#CCCCCC. The molecule has 0 aromatic carbocycles. The van der Waals surface area contributed by atoms with Gasteiger partial charge in [-0.15, -0.1) is 18.3 Å². The maximum atomic E-state index is 5.16. The molecule has 0 N–H and O–H groups in total.